The number of aromatic amines is 1. The van der Waals surface area contributed by atoms with Crippen molar-refractivity contribution in [3.8, 4) is 5.69 Å². The van der Waals surface area contributed by atoms with Gasteiger partial charge in [0.25, 0.3) is 0 Å². The fourth-order valence-electron chi connectivity index (χ4n) is 3.35. The van der Waals surface area contributed by atoms with Crippen LogP contribution in [-0.2, 0) is 15.4 Å². The quantitative estimate of drug-likeness (QED) is 0.696. The lowest BCUT2D eigenvalue weighted by Gasteiger charge is -2.37. The predicted molar refractivity (Wildman–Crippen MR) is 105 cm³/mol. The molecule has 142 valence electrons. The number of fused-ring (bicyclic) bond motifs is 1. The van der Waals surface area contributed by atoms with Gasteiger partial charge in [0.15, 0.2) is 9.84 Å². The van der Waals surface area contributed by atoms with E-state index in [1.807, 2.05) is 31.3 Å². The summed E-state index contributed by atoms with van der Waals surface area (Å²) in [6.45, 7) is 6.92. The van der Waals surface area contributed by atoms with Crippen LogP contribution in [0, 0.1) is 6.92 Å². The summed E-state index contributed by atoms with van der Waals surface area (Å²) in [4.78, 5) is 4.58. The first kappa shape index (κ1) is 17.7. The van der Waals surface area contributed by atoms with Crippen molar-refractivity contribution in [1.29, 1.82) is 0 Å². The highest BCUT2D eigenvalue weighted by atomic mass is 32.2. The summed E-state index contributed by atoms with van der Waals surface area (Å²) in [5.41, 5.74) is 8.48. The summed E-state index contributed by atoms with van der Waals surface area (Å²) in [5.74, 6) is 0.0508. The fourth-order valence-corrected chi connectivity index (χ4v) is 5.05. The van der Waals surface area contributed by atoms with E-state index in [-0.39, 0.29) is 11.6 Å². The average molecular weight is 386 g/mol. The summed E-state index contributed by atoms with van der Waals surface area (Å²) < 4.78 is 26.2. The Bertz CT molecular complexity index is 1190. The number of hydrogen-bond donors (Lipinski definition) is 2. The van der Waals surface area contributed by atoms with Crippen molar-refractivity contribution in [2.75, 3.05) is 5.75 Å². The first-order valence-electron chi connectivity index (χ1n) is 8.62. The van der Waals surface area contributed by atoms with Crippen LogP contribution in [-0.4, -0.2) is 44.7 Å². The van der Waals surface area contributed by atoms with Crippen LogP contribution >= 0.6 is 0 Å². The number of nitrogens with two attached hydrogens (primary N) is 1. The summed E-state index contributed by atoms with van der Waals surface area (Å²) >= 11 is 0. The van der Waals surface area contributed by atoms with Gasteiger partial charge in [0.1, 0.15) is 16.3 Å². The van der Waals surface area contributed by atoms with Crippen LogP contribution in [0.5, 0.6) is 0 Å². The van der Waals surface area contributed by atoms with Gasteiger partial charge in [0, 0.05) is 11.6 Å². The van der Waals surface area contributed by atoms with Crippen LogP contribution < -0.4 is 5.73 Å². The maximum atomic E-state index is 12.8. The number of nitrogens with zero attached hydrogens (tertiary/aromatic N) is 4. The molecule has 0 saturated carbocycles. The summed E-state index contributed by atoms with van der Waals surface area (Å²) in [7, 11) is -3.44. The zero-order valence-corrected chi connectivity index (χ0v) is 16.5. The van der Waals surface area contributed by atoms with Crippen molar-refractivity contribution in [3.05, 3.63) is 41.9 Å². The van der Waals surface area contributed by atoms with Gasteiger partial charge < -0.3 is 5.73 Å². The van der Waals surface area contributed by atoms with E-state index in [1.165, 1.54) is 0 Å². The number of benzene rings is 1. The van der Waals surface area contributed by atoms with Crippen molar-refractivity contribution in [1.82, 2.24) is 20.0 Å². The number of nitrogens with one attached hydrogen (secondary N) is 1. The van der Waals surface area contributed by atoms with Crippen molar-refractivity contribution in [2.45, 2.75) is 38.0 Å². The zero-order chi connectivity index (χ0) is 19.6. The van der Waals surface area contributed by atoms with E-state index in [4.69, 9.17) is 5.73 Å². The second-order valence-corrected chi connectivity index (χ2v) is 10.3. The van der Waals surface area contributed by atoms with Crippen LogP contribution in [0.3, 0.4) is 0 Å². The van der Waals surface area contributed by atoms with Gasteiger partial charge >= 0.3 is 0 Å². The fraction of sp³-hybridized carbons (Fsp3) is 0.389. The largest absolute Gasteiger partial charge is 0.386 e. The molecule has 4 rings (SSSR count). The Labute approximate surface area is 157 Å². The lowest BCUT2D eigenvalue weighted by molar-refractivity contribution is 0.501. The van der Waals surface area contributed by atoms with Gasteiger partial charge in [-0.3, -0.25) is 10.1 Å². The molecule has 3 heterocycles. The highest BCUT2D eigenvalue weighted by molar-refractivity contribution is 7.93. The molecule has 0 radical (unpaired) electrons. The number of rotatable bonds is 2. The average Bonchev–Trinajstić information content (AvgIpc) is 3.17. The normalized spacial score (nSPS) is 24.1. The Hall–Kier alpha value is -2.68. The molecule has 8 nitrogen and oxygen atoms in total. The van der Waals surface area contributed by atoms with Crippen molar-refractivity contribution < 1.29 is 8.42 Å². The Morgan fingerprint density at radius 2 is 2.00 bits per heavy atom. The first-order chi connectivity index (χ1) is 12.5. The number of aliphatic imine (C=N–C) groups is 1. The van der Waals surface area contributed by atoms with Gasteiger partial charge in [-0.2, -0.15) is 10.2 Å². The topological polar surface area (TPSA) is 119 Å². The van der Waals surface area contributed by atoms with Gasteiger partial charge in [-0.15, -0.1) is 0 Å². The Morgan fingerprint density at radius 3 is 2.63 bits per heavy atom. The molecule has 0 unspecified atom stereocenters. The van der Waals surface area contributed by atoms with Gasteiger partial charge in [-0.1, -0.05) is 6.07 Å². The number of H-pyrrole nitrogens is 1. The zero-order valence-electron chi connectivity index (χ0n) is 15.7. The molecule has 0 fully saturated rings. The number of aryl methyl sites for hydroxylation is 1. The van der Waals surface area contributed by atoms with Crippen LogP contribution in [0.25, 0.3) is 16.6 Å². The number of amidine groups is 1. The predicted octanol–water partition coefficient (Wildman–Crippen LogP) is 1.84. The summed E-state index contributed by atoms with van der Waals surface area (Å²) in [5, 5.41) is 12.4. The molecular weight excluding hydrogens is 364 g/mol. The Morgan fingerprint density at radius 1 is 1.26 bits per heavy atom. The molecule has 3 N–H and O–H groups in total. The second-order valence-electron chi connectivity index (χ2n) is 7.77. The van der Waals surface area contributed by atoms with Crippen molar-refractivity contribution >= 4 is 26.6 Å². The van der Waals surface area contributed by atoms with Gasteiger partial charge in [0.2, 0.25) is 0 Å². The van der Waals surface area contributed by atoms with Crippen LogP contribution in [0.15, 0.2) is 35.6 Å². The van der Waals surface area contributed by atoms with E-state index in [0.717, 1.165) is 27.8 Å². The van der Waals surface area contributed by atoms with E-state index >= 15 is 0 Å². The number of hydrogen-bond acceptors (Lipinski definition) is 6. The first-order valence-corrected chi connectivity index (χ1v) is 10.3. The number of aromatic nitrogens is 4. The molecule has 1 aliphatic rings. The van der Waals surface area contributed by atoms with Crippen molar-refractivity contribution in [2.24, 2.45) is 10.7 Å². The molecule has 9 heteroatoms. The molecule has 0 saturated heterocycles. The maximum Gasteiger partial charge on any atom is 0.165 e. The molecular formula is C18H22N6O2S. The molecule has 0 amide bonds. The van der Waals surface area contributed by atoms with Gasteiger partial charge in [-0.05, 0) is 45.4 Å². The molecule has 0 spiro atoms. The third kappa shape index (κ3) is 2.56. The van der Waals surface area contributed by atoms with Crippen LogP contribution in [0.2, 0.25) is 0 Å². The van der Waals surface area contributed by atoms with Crippen LogP contribution in [0.1, 0.15) is 32.0 Å². The lowest BCUT2D eigenvalue weighted by atomic mass is 9.93. The van der Waals surface area contributed by atoms with E-state index < -0.39 is 20.1 Å². The monoisotopic (exact) mass is 386 g/mol. The Kier molecular flexibility index (Phi) is 3.55. The summed E-state index contributed by atoms with van der Waals surface area (Å²) in [6.07, 6.45) is 3.61. The third-order valence-electron chi connectivity index (χ3n) is 5.41. The second kappa shape index (κ2) is 5.41. The molecule has 0 aliphatic carbocycles. The van der Waals surface area contributed by atoms with Gasteiger partial charge in [-0.25, -0.2) is 13.1 Å². The standard InChI is InChI=1S/C18H22N6O2S/c1-11-15(8-20-22-11)24-9-12-7-13(5-6-14(12)23-24)18(4)10-27(25,26)17(2,3)16(19)21-18/h5-9H,10H2,1-4H3,(H2,19,21)(H,20,22)/t18-/m0/s1. The minimum atomic E-state index is -3.44. The highest BCUT2D eigenvalue weighted by Gasteiger charge is 2.48. The molecule has 1 aromatic carbocycles. The minimum absolute atomic E-state index is 0.0891. The van der Waals surface area contributed by atoms with Gasteiger partial charge in [0.05, 0.1) is 28.7 Å². The van der Waals surface area contributed by atoms with E-state index in [0.29, 0.717) is 0 Å². The molecule has 3 aromatic rings. The molecule has 27 heavy (non-hydrogen) atoms. The molecule has 2 aromatic heterocycles. The van der Waals surface area contributed by atoms with Crippen LogP contribution in [0.4, 0.5) is 0 Å². The summed E-state index contributed by atoms with van der Waals surface area (Å²) in [6, 6.07) is 5.67. The lowest BCUT2D eigenvalue weighted by Crippen LogP contribution is -2.54. The number of sulfone groups is 1. The maximum absolute atomic E-state index is 12.8. The highest BCUT2D eigenvalue weighted by Crippen LogP contribution is 2.37. The SMILES string of the molecule is Cc1[nH]ncc1-n1cc2cc([C@]3(C)CS(=O)(=O)C(C)(C)C(N)=N3)ccc2n1. The smallest absolute Gasteiger partial charge is 0.165 e. The minimum Gasteiger partial charge on any atom is -0.386 e. The van der Waals surface area contributed by atoms with E-state index in [2.05, 4.69) is 20.3 Å². The molecule has 1 atom stereocenters. The van der Waals surface area contributed by atoms with Crippen molar-refractivity contribution in [3.63, 3.8) is 0 Å². The molecule has 0 bridgehead atoms. The van der Waals surface area contributed by atoms with E-state index in [1.54, 1.807) is 31.6 Å². The Balaban J connectivity index is 1.83. The van der Waals surface area contributed by atoms with E-state index in [9.17, 15) is 8.42 Å². The third-order valence-corrected chi connectivity index (χ3v) is 8.12. The molecule has 1 aliphatic heterocycles.